The van der Waals surface area contributed by atoms with Gasteiger partial charge in [-0.1, -0.05) is 17.7 Å². The zero-order valence-corrected chi connectivity index (χ0v) is 8.15. The first-order chi connectivity index (χ1) is 6.22. The molecule has 0 saturated heterocycles. The van der Waals surface area contributed by atoms with Crippen molar-refractivity contribution in [2.75, 3.05) is 0 Å². The first kappa shape index (κ1) is 8.60. The summed E-state index contributed by atoms with van der Waals surface area (Å²) in [5.41, 5.74) is 8.72. The Hall–Kier alpha value is -0.990. The van der Waals surface area contributed by atoms with E-state index in [9.17, 15) is 0 Å². The van der Waals surface area contributed by atoms with Gasteiger partial charge < -0.3 is 10.7 Å². The quantitative estimate of drug-likeness (QED) is 0.720. The minimum absolute atomic E-state index is 0.552. The van der Waals surface area contributed by atoms with Crippen LogP contribution in [-0.4, -0.2) is 4.98 Å². The fourth-order valence-corrected chi connectivity index (χ4v) is 1.67. The third kappa shape index (κ3) is 1.32. The molecule has 2 aromatic rings. The van der Waals surface area contributed by atoms with Crippen LogP contribution in [0.2, 0.25) is 5.02 Å². The van der Waals surface area contributed by atoms with Gasteiger partial charge in [0.25, 0.3) is 0 Å². The summed E-state index contributed by atoms with van der Waals surface area (Å²) < 4.78 is 0. The smallest absolute Gasteiger partial charge is 0.0689 e. The summed E-state index contributed by atoms with van der Waals surface area (Å²) in [6.45, 7) is 2.51. The molecule has 13 heavy (non-hydrogen) atoms. The number of aromatic nitrogens is 1. The lowest BCUT2D eigenvalue weighted by Crippen LogP contribution is -1.94. The van der Waals surface area contributed by atoms with Gasteiger partial charge in [0.15, 0.2) is 0 Å². The summed E-state index contributed by atoms with van der Waals surface area (Å²) >= 11 is 6.10. The Balaban J connectivity index is 2.75. The van der Waals surface area contributed by atoms with Crippen molar-refractivity contribution in [3.05, 3.63) is 34.5 Å². The summed E-state index contributed by atoms with van der Waals surface area (Å²) in [6, 6.07) is 6.05. The van der Waals surface area contributed by atoms with Crippen molar-refractivity contribution in [2.24, 2.45) is 5.73 Å². The van der Waals surface area contributed by atoms with Crippen LogP contribution in [0.3, 0.4) is 0 Å². The fourth-order valence-electron chi connectivity index (χ4n) is 1.47. The van der Waals surface area contributed by atoms with Crippen molar-refractivity contribution in [3.63, 3.8) is 0 Å². The third-order valence-corrected chi connectivity index (χ3v) is 2.69. The van der Waals surface area contributed by atoms with Crippen LogP contribution >= 0.6 is 11.6 Å². The molecule has 3 heteroatoms. The SMILES string of the molecule is Cc1[nH]c2ccc(CN)cc2c1Cl. The first-order valence-electron chi connectivity index (χ1n) is 4.19. The predicted octanol–water partition coefficient (Wildman–Crippen LogP) is 2.59. The van der Waals surface area contributed by atoms with Crippen molar-refractivity contribution in [1.29, 1.82) is 0 Å². The minimum Gasteiger partial charge on any atom is -0.357 e. The number of aromatic amines is 1. The lowest BCUT2D eigenvalue weighted by atomic mass is 10.1. The number of fused-ring (bicyclic) bond motifs is 1. The van der Waals surface area contributed by atoms with E-state index in [1.54, 1.807) is 0 Å². The summed E-state index contributed by atoms with van der Waals surface area (Å²) in [5.74, 6) is 0. The molecular formula is C10H11ClN2. The van der Waals surface area contributed by atoms with Gasteiger partial charge in [-0.05, 0) is 24.6 Å². The zero-order chi connectivity index (χ0) is 9.42. The molecular weight excluding hydrogens is 184 g/mol. The Morgan fingerprint density at radius 1 is 1.46 bits per heavy atom. The van der Waals surface area contributed by atoms with Crippen LogP contribution < -0.4 is 5.73 Å². The van der Waals surface area contributed by atoms with E-state index in [1.807, 2.05) is 25.1 Å². The van der Waals surface area contributed by atoms with Crippen LogP contribution in [-0.2, 0) is 6.54 Å². The van der Waals surface area contributed by atoms with Crippen LogP contribution in [0.4, 0.5) is 0 Å². The molecule has 0 aliphatic rings. The van der Waals surface area contributed by atoms with Crippen molar-refractivity contribution in [2.45, 2.75) is 13.5 Å². The molecule has 1 aromatic heterocycles. The highest BCUT2D eigenvalue weighted by Gasteiger charge is 2.05. The molecule has 2 rings (SSSR count). The Kier molecular flexibility index (Phi) is 2.02. The second-order valence-corrected chi connectivity index (χ2v) is 3.53. The minimum atomic E-state index is 0.552. The molecule has 0 aliphatic carbocycles. The van der Waals surface area contributed by atoms with Crippen LogP contribution in [0.15, 0.2) is 18.2 Å². The number of nitrogens with two attached hydrogens (primary N) is 1. The summed E-state index contributed by atoms with van der Waals surface area (Å²) in [6.07, 6.45) is 0. The molecule has 68 valence electrons. The molecule has 0 amide bonds. The molecule has 0 aliphatic heterocycles. The van der Waals surface area contributed by atoms with E-state index < -0.39 is 0 Å². The molecule has 0 spiro atoms. The number of rotatable bonds is 1. The molecule has 0 fully saturated rings. The maximum absolute atomic E-state index is 6.10. The lowest BCUT2D eigenvalue weighted by molar-refractivity contribution is 1.08. The Morgan fingerprint density at radius 2 is 2.23 bits per heavy atom. The molecule has 0 saturated carbocycles. The molecule has 1 heterocycles. The number of nitrogens with one attached hydrogen (secondary N) is 1. The van der Waals surface area contributed by atoms with Crippen molar-refractivity contribution < 1.29 is 0 Å². The van der Waals surface area contributed by atoms with Crippen LogP contribution in [0, 0.1) is 6.92 Å². The molecule has 0 bridgehead atoms. The molecule has 0 unspecified atom stereocenters. The number of benzene rings is 1. The van der Waals surface area contributed by atoms with E-state index in [1.165, 1.54) is 0 Å². The summed E-state index contributed by atoms with van der Waals surface area (Å²) in [5, 5.41) is 1.85. The average Bonchev–Trinajstić information content (AvgIpc) is 2.43. The molecule has 1 aromatic carbocycles. The van der Waals surface area contributed by atoms with E-state index >= 15 is 0 Å². The largest absolute Gasteiger partial charge is 0.357 e. The topological polar surface area (TPSA) is 41.8 Å². The highest BCUT2D eigenvalue weighted by molar-refractivity contribution is 6.36. The van der Waals surface area contributed by atoms with Gasteiger partial charge in [-0.25, -0.2) is 0 Å². The van der Waals surface area contributed by atoms with Crippen LogP contribution in [0.1, 0.15) is 11.3 Å². The second kappa shape index (κ2) is 3.05. The number of aryl methyl sites for hydroxylation is 1. The maximum atomic E-state index is 6.10. The summed E-state index contributed by atoms with van der Waals surface area (Å²) in [4.78, 5) is 3.21. The van der Waals surface area contributed by atoms with Gasteiger partial charge >= 0.3 is 0 Å². The number of hydrogen-bond acceptors (Lipinski definition) is 1. The van der Waals surface area contributed by atoms with Crippen molar-refractivity contribution in [3.8, 4) is 0 Å². The Morgan fingerprint density at radius 3 is 2.92 bits per heavy atom. The normalized spacial score (nSPS) is 11.0. The van der Waals surface area contributed by atoms with Gasteiger partial charge in [-0.15, -0.1) is 0 Å². The maximum Gasteiger partial charge on any atom is 0.0689 e. The van der Waals surface area contributed by atoms with Gasteiger partial charge in [-0.3, -0.25) is 0 Å². The lowest BCUT2D eigenvalue weighted by Gasteiger charge is -1.96. The third-order valence-electron chi connectivity index (χ3n) is 2.21. The van der Waals surface area contributed by atoms with E-state index in [0.717, 1.165) is 27.2 Å². The van der Waals surface area contributed by atoms with Crippen molar-refractivity contribution in [1.82, 2.24) is 4.98 Å². The monoisotopic (exact) mass is 194 g/mol. The molecule has 0 radical (unpaired) electrons. The van der Waals surface area contributed by atoms with E-state index in [0.29, 0.717) is 6.54 Å². The van der Waals surface area contributed by atoms with Crippen LogP contribution in [0.25, 0.3) is 10.9 Å². The molecule has 0 atom stereocenters. The molecule has 3 N–H and O–H groups in total. The first-order valence-corrected chi connectivity index (χ1v) is 4.57. The standard InChI is InChI=1S/C10H11ClN2/c1-6-10(11)8-4-7(5-12)2-3-9(8)13-6/h2-4,13H,5,12H2,1H3. The van der Waals surface area contributed by atoms with Gasteiger partial charge in [0.2, 0.25) is 0 Å². The van der Waals surface area contributed by atoms with E-state index in [4.69, 9.17) is 17.3 Å². The van der Waals surface area contributed by atoms with Crippen molar-refractivity contribution >= 4 is 22.5 Å². The van der Waals surface area contributed by atoms with E-state index in [2.05, 4.69) is 4.98 Å². The zero-order valence-electron chi connectivity index (χ0n) is 7.39. The van der Waals surface area contributed by atoms with Gasteiger partial charge in [0, 0.05) is 23.1 Å². The number of halogens is 1. The highest BCUT2D eigenvalue weighted by Crippen LogP contribution is 2.27. The predicted molar refractivity (Wildman–Crippen MR) is 55.9 cm³/mol. The van der Waals surface area contributed by atoms with Gasteiger partial charge in [0.05, 0.1) is 5.02 Å². The number of H-pyrrole nitrogens is 1. The average molecular weight is 195 g/mol. The van der Waals surface area contributed by atoms with Gasteiger partial charge in [0.1, 0.15) is 0 Å². The fraction of sp³-hybridized carbons (Fsp3) is 0.200. The Bertz CT molecular complexity index is 445. The van der Waals surface area contributed by atoms with Gasteiger partial charge in [-0.2, -0.15) is 0 Å². The van der Waals surface area contributed by atoms with Crippen LogP contribution in [0.5, 0.6) is 0 Å². The Labute approximate surface area is 81.7 Å². The molecule has 2 nitrogen and oxygen atoms in total. The highest BCUT2D eigenvalue weighted by atomic mass is 35.5. The second-order valence-electron chi connectivity index (χ2n) is 3.15. The number of hydrogen-bond donors (Lipinski definition) is 2. The summed E-state index contributed by atoms with van der Waals surface area (Å²) in [7, 11) is 0. The van der Waals surface area contributed by atoms with E-state index in [-0.39, 0.29) is 0 Å².